The van der Waals surface area contributed by atoms with Crippen molar-refractivity contribution in [2.24, 2.45) is 0 Å². The molecule has 1 aliphatic rings. The fourth-order valence-electron chi connectivity index (χ4n) is 4.17. The zero-order valence-corrected chi connectivity index (χ0v) is 20.9. The van der Waals surface area contributed by atoms with Crippen LogP contribution in [0, 0.1) is 18.6 Å². The lowest BCUT2D eigenvalue weighted by atomic mass is 9.98. The number of aryl methyl sites for hydroxylation is 1. The summed E-state index contributed by atoms with van der Waals surface area (Å²) in [5.74, 6) is -2.48. The molecule has 1 atom stereocenters. The molecule has 0 bridgehead atoms. The van der Waals surface area contributed by atoms with Gasteiger partial charge in [-0.1, -0.05) is 0 Å². The number of amides is 2. The van der Waals surface area contributed by atoms with Gasteiger partial charge in [-0.25, -0.2) is 13.6 Å². The van der Waals surface area contributed by atoms with E-state index in [1.807, 2.05) is 0 Å². The van der Waals surface area contributed by atoms with E-state index in [1.165, 1.54) is 7.05 Å². The van der Waals surface area contributed by atoms with E-state index in [9.17, 15) is 9.59 Å². The number of furan rings is 1. The van der Waals surface area contributed by atoms with E-state index >= 15 is 8.78 Å². The van der Waals surface area contributed by atoms with Crippen LogP contribution in [0.2, 0.25) is 0 Å². The highest BCUT2D eigenvalue weighted by Crippen LogP contribution is 2.38. The van der Waals surface area contributed by atoms with E-state index in [4.69, 9.17) is 13.9 Å². The first kappa shape index (κ1) is 25.6. The smallest absolute Gasteiger partial charge is 0.410 e. The molecule has 0 unspecified atom stereocenters. The summed E-state index contributed by atoms with van der Waals surface area (Å²) < 4.78 is 47.7. The SMILES string of the molecule is CNC(=O)c1cc(F)c(-c2oc3cc(C)ncc3c2C[C@H]2CN(C(=O)OC(C)(C)C)CCO2)c(F)c1. The summed E-state index contributed by atoms with van der Waals surface area (Å²) in [6.07, 6.45) is 0.883. The van der Waals surface area contributed by atoms with Crippen molar-refractivity contribution >= 4 is 23.0 Å². The van der Waals surface area contributed by atoms with E-state index in [-0.39, 0.29) is 36.5 Å². The average molecular weight is 502 g/mol. The van der Waals surface area contributed by atoms with Gasteiger partial charge in [-0.3, -0.25) is 9.78 Å². The van der Waals surface area contributed by atoms with Gasteiger partial charge in [0.2, 0.25) is 0 Å². The summed E-state index contributed by atoms with van der Waals surface area (Å²) in [4.78, 5) is 30.4. The van der Waals surface area contributed by atoms with Crippen LogP contribution in [0.15, 0.2) is 28.8 Å². The van der Waals surface area contributed by atoms with Gasteiger partial charge in [0, 0.05) is 54.5 Å². The number of morpholine rings is 1. The number of carbonyl (C=O) groups excluding carboxylic acids is 2. The Kier molecular flexibility index (Phi) is 6.99. The first-order chi connectivity index (χ1) is 17.0. The number of fused-ring (bicyclic) bond motifs is 1. The second-order valence-electron chi connectivity index (χ2n) is 9.75. The standard InChI is InChI=1S/C26H29F2N3O5/c1-14-8-21-18(12-30-14)17(11-16-13-31(6-7-34-16)25(33)36-26(2,3)4)23(35-21)22-19(27)9-15(10-20(22)28)24(32)29-5/h8-10,12,16H,6-7,11,13H2,1-5H3,(H,29,32)/t16-/m0/s1. The van der Waals surface area contributed by atoms with Crippen LogP contribution in [0.5, 0.6) is 0 Å². The topological polar surface area (TPSA) is 93.9 Å². The number of hydrogen-bond acceptors (Lipinski definition) is 6. The Morgan fingerprint density at radius 2 is 1.92 bits per heavy atom. The molecule has 1 aliphatic heterocycles. The summed E-state index contributed by atoms with van der Waals surface area (Å²) in [5, 5.41) is 2.94. The number of hydrogen-bond donors (Lipinski definition) is 1. The van der Waals surface area contributed by atoms with Gasteiger partial charge in [0.25, 0.3) is 5.91 Å². The molecule has 2 amide bonds. The minimum Gasteiger partial charge on any atom is -0.455 e. The number of aromatic nitrogens is 1. The Morgan fingerprint density at radius 3 is 2.56 bits per heavy atom. The second kappa shape index (κ2) is 9.85. The molecule has 1 saturated heterocycles. The zero-order chi connectivity index (χ0) is 26.2. The van der Waals surface area contributed by atoms with Gasteiger partial charge in [0.1, 0.15) is 28.6 Å². The van der Waals surface area contributed by atoms with Crippen molar-refractivity contribution < 1.29 is 32.3 Å². The van der Waals surface area contributed by atoms with Crippen molar-refractivity contribution in [3.8, 4) is 11.3 Å². The van der Waals surface area contributed by atoms with Gasteiger partial charge in [-0.05, 0) is 39.8 Å². The molecule has 4 rings (SSSR count). The molecule has 192 valence electrons. The molecular formula is C26H29F2N3O5. The van der Waals surface area contributed by atoms with E-state index in [2.05, 4.69) is 10.3 Å². The third-order valence-corrected chi connectivity index (χ3v) is 5.79. The minimum absolute atomic E-state index is 0.00570. The Balaban J connectivity index is 1.72. The summed E-state index contributed by atoms with van der Waals surface area (Å²) in [7, 11) is 1.38. The molecule has 2 aromatic heterocycles. The number of rotatable bonds is 4. The molecule has 1 aromatic carbocycles. The molecule has 0 aliphatic carbocycles. The summed E-state index contributed by atoms with van der Waals surface area (Å²) in [5.41, 5.74) is 0.426. The molecule has 1 N–H and O–H groups in total. The molecule has 1 fully saturated rings. The number of nitrogens with zero attached hydrogens (tertiary/aromatic N) is 2. The van der Waals surface area contributed by atoms with Gasteiger partial charge >= 0.3 is 6.09 Å². The van der Waals surface area contributed by atoms with Crippen LogP contribution in [-0.2, 0) is 15.9 Å². The lowest BCUT2D eigenvalue weighted by molar-refractivity contribution is -0.0414. The van der Waals surface area contributed by atoms with Gasteiger partial charge in [-0.15, -0.1) is 0 Å². The molecule has 8 nitrogen and oxygen atoms in total. The van der Waals surface area contributed by atoms with E-state index in [0.29, 0.717) is 28.8 Å². The highest BCUT2D eigenvalue weighted by molar-refractivity contribution is 5.95. The fourth-order valence-corrected chi connectivity index (χ4v) is 4.17. The second-order valence-corrected chi connectivity index (χ2v) is 9.75. The van der Waals surface area contributed by atoms with Crippen molar-refractivity contribution in [2.75, 3.05) is 26.7 Å². The summed E-state index contributed by atoms with van der Waals surface area (Å²) in [6.45, 7) is 8.05. The van der Waals surface area contributed by atoms with Crippen molar-refractivity contribution in [1.82, 2.24) is 15.2 Å². The largest absolute Gasteiger partial charge is 0.455 e. The van der Waals surface area contributed by atoms with Crippen molar-refractivity contribution in [3.05, 3.63) is 52.9 Å². The Bertz CT molecular complexity index is 1290. The molecule has 36 heavy (non-hydrogen) atoms. The lowest BCUT2D eigenvalue weighted by Crippen LogP contribution is -2.48. The van der Waals surface area contributed by atoms with Gasteiger partial charge in [0.15, 0.2) is 0 Å². The van der Waals surface area contributed by atoms with Crippen LogP contribution in [-0.4, -0.2) is 60.3 Å². The zero-order valence-electron chi connectivity index (χ0n) is 20.9. The van der Waals surface area contributed by atoms with Crippen molar-refractivity contribution in [3.63, 3.8) is 0 Å². The Morgan fingerprint density at radius 1 is 1.22 bits per heavy atom. The summed E-state index contributed by atoms with van der Waals surface area (Å²) in [6, 6.07) is 3.63. The molecule has 3 aromatic rings. The van der Waals surface area contributed by atoms with Gasteiger partial charge in [0.05, 0.1) is 24.8 Å². The van der Waals surface area contributed by atoms with Gasteiger partial charge < -0.3 is 24.1 Å². The van der Waals surface area contributed by atoms with Crippen LogP contribution in [0.25, 0.3) is 22.3 Å². The average Bonchev–Trinajstić information content (AvgIpc) is 3.13. The maximum absolute atomic E-state index is 15.2. The number of halogens is 2. The van der Waals surface area contributed by atoms with Crippen molar-refractivity contribution in [2.45, 2.75) is 45.8 Å². The Hall–Kier alpha value is -3.53. The molecule has 3 heterocycles. The van der Waals surface area contributed by atoms with Crippen LogP contribution in [0.4, 0.5) is 13.6 Å². The molecule has 0 saturated carbocycles. The highest BCUT2D eigenvalue weighted by Gasteiger charge is 2.31. The van der Waals surface area contributed by atoms with Crippen LogP contribution in [0.1, 0.15) is 42.4 Å². The number of benzene rings is 1. The molecule has 0 radical (unpaired) electrons. The fraction of sp³-hybridized carbons (Fsp3) is 0.423. The number of ether oxygens (including phenoxy) is 2. The number of carbonyl (C=O) groups is 2. The maximum Gasteiger partial charge on any atom is 0.410 e. The first-order valence-electron chi connectivity index (χ1n) is 11.7. The third-order valence-electron chi connectivity index (χ3n) is 5.79. The van der Waals surface area contributed by atoms with E-state index < -0.39 is 35.3 Å². The van der Waals surface area contributed by atoms with Gasteiger partial charge in [-0.2, -0.15) is 0 Å². The van der Waals surface area contributed by atoms with Crippen LogP contribution >= 0.6 is 0 Å². The molecular weight excluding hydrogens is 472 g/mol. The normalized spacial score (nSPS) is 16.3. The Labute approximate surface area is 207 Å². The van der Waals surface area contributed by atoms with Crippen LogP contribution < -0.4 is 5.32 Å². The minimum atomic E-state index is -0.932. The predicted octanol–water partition coefficient (Wildman–Crippen LogP) is 4.62. The number of nitrogens with one attached hydrogen (secondary N) is 1. The third kappa shape index (κ3) is 5.33. The van der Waals surface area contributed by atoms with Crippen LogP contribution in [0.3, 0.4) is 0 Å². The van der Waals surface area contributed by atoms with E-state index in [1.54, 1.807) is 44.9 Å². The highest BCUT2D eigenvalue weighted by atomic mass is 19.1. The van der Waals surface area contributed by atoms with E-state index in [0.717, 1.165) is 12.1 Å². The predicted molar refractivity (Wildman–Crippen MR) is 129 cm³/mol. The monoisotopic (exact) mass is 501 g/mol. The quantitative estimate of drug-likeness (QED) is 0.561. The summed E-state index contributed by atoms with van der Waals surface area (Å²) >= 11 is 0. The first-order valence-corrected chi connectivity index (χ1v) is 11.7. The maximum atomic E-state index is 15.2. The molecule has 10 heteroatoms. The van der Waals surface area contributed by atoms with Crippen molar-refractivity contribution in [1.29, 1.82) is 0 Å². The molecule has 0 spiro atoms. The lowest BCUT2D eigenvalue weighted by Gasteiger charge is -2.34. The number of pyridine rings is 1.